The van der Waals surface area contributed by atoms with Gasteiger partial charge in [-0.1, -0.05) is 6.07 Å². The smallest absolute Gasteiger partial charge is 0.235 e. The highest BCUT2D eigenvalue weighted by atomic mass is 32.2. The van der Waals surface area contributed by atoms with Crippen molar-refractivity contribution in [1.82, 2.24) is 9.97 Å². The number of amides is 1. The van der Waals surface area contributed by atoms with E-state index in [-0.39, 0.29) is 11.3 Å². The summed E-state index contributed by atoms with van der Waals surface area (Å²) in [7, 11) is -3.29. The van der Waals surface area contributed by atoms with Crippen LogP contribution in [0.2, 0.25) is 0 Å². The van der Waals surface area contributed by atoms with E-state index in [0.717, 1.165) is 59.8 Å². The van der Waals surface area contributed by atoms with E-state index in [0.29, 0.717) is 11.5 Å². The minimum atomic E-state index is -3.29. The fraction of sp³-hybridized carbons (Fsp3) is 0.333. The third-order valence-corrected chi connectivity index (χ3v) is 7.44. The summed E-state index contributed by atoms with van der Waals surface area (Å²) in [6.45, 7) is 1.96. The number of nitrogens with one attached hydrogen (secondary N) is 2. The van der Waals surface area contributed by atoms with Crippen LogP contribution >= 0.6 is 0 Å². The summed E-state index contributed by atoms with van der Waals surface area (Å²) >= 11 is 0. The molecule has 2 aliphatic rings. The molecule has 5 rings (SSSR count). The van der Waals surface area contributed by atoms with Crippen LogP contribution in [0, 0.1) is 6.92 Å². The van der Waals surface area contributed by atoms with E-state index in [1.165, 1.54) is 0 Å². The molecule has 29 heavy (non-hydrogen) atoms. The first-order valence-electron chi connectivity index (χ1n) is 9.81. The first kappa shape index (κ1) is 18.2. The van der Waals surface area contributed by atoms with Crippen LogP contribution in [0.1, 0.15) is 31.2 Å². The van der Waals surface area contributed by atoms with Crippen molar-refractivity contribution < 1.29 is 13.2 Å². The number of carbonyl (C=O) groups is 1. The highest BCUT2D eigenvalue weighted by Crippen LogP contribution is 2.37. The number of sulfonamides is 1. The van der Waals surface area contributed by atoms with Crippen molar-refractivity contribution in [3.05, 3.63) is 42.1 Å². The second kappa shape index (κ2) is 6.59. The Hall–Kier alpha value is -2.87. The molecule has 2 heterocycles. The lowest BCUT2D eigenvalue weighted by molar-refractivity contribution is -0.107. The molecule has 8 heteroatoms. The van der Waals surface area contributed by atoms with Gasteiger partial charge in [0.05, 0.1) is 5.25 Å². The topological polar surface area (TPSA) is 95.2 Å². The van der Waals surface area contributed by atoms with Crippen LogP contribution in [-0.4, -0.2) is 36.1 Å². The highest BCUT2D eigenvalue weighted by Gasteiger charge is 2.35. The standard InChI is InChI=1S/C21H22N4O3S/c1-13-10-14(24-29(27,28)16-5-6-16)2-7-17(13)19-11-20(25(12-26)15-3-4-15)23-21-18(19)8-9-22-21/h2,7-12,15-16,24H,3-6H2,1H3,(H,22,23). The average Bonchev–Trinajstić information content (AvgIpc) is 3.59. The minimum Gasteiger partial charge on any atom is -0.346 e. The summed E-state index contributed by atoms with van der Waals surface area (Å²) in [5.41, 5.74) is 4.19. The van der Waals surface area contributed by atoms with Crippen LogP contribution in [0.5, 0.6) is 0 Å². The third-order valence-electron chi connectivity index (χ3n) is 5.57. The number of pyridine rings is 1. The quantitative estimate of drug-likeness (QED) is 0.582. The SMILES string of the molecule is Cc1cc(NS(=O)(=O)C2CC2)ccc1-c1cc(N(C=O)C2CC2)nc2[nH]ccc12. The van der Waals surface area contributed by atoms with Gasteiger partial charge in [0.25, 0.3) is 0 Å². The number of aromatic amines is 1. The summed E-state index contributed by atoms with van der Waals surface area (Å²) in [6.07, 6.45) is 6.13. The maximum atomic E-state index is 12.2. The molecule has 2 aliphatic carbocycles. The summed E-state index contributed by atoms with van der Waals surface area (Å²) in [4.78, 5) is 21.1. The Labute approximate surface area is 169 Å². The zero-order valence-corrected chi connectivity index (χ0v) is 16.9. The molecule has 1 amide bonds. The van der Waals surface area contributed by atoms with Gasteiger partial charge in [-0.3, -0.25) is 14.4 Å². The molecule has 2 N–H and O–H groups in total. The van der Waals surface area contributed by atoms with Crippen molar-refractivity contribution in [1.29, 1.82) is 0 Å². The summed E-state index contributed by atoms with van der Waals surface area (Å²) in [5.74, 6) is 0.630. The van der Waals surface area contributed by atoms with Gasteiger partial charge in [-0.15, -0.1) is 0 Å². The number of carbonyl (C=O) groups excluding carboxylic acids is 1. The van der Waals surface area contributed by atoms with E-state index in [2.05, 4.69) is 14.7 Å². The Morgan fingerprint density at radius 3 is 2.59 bits per heavy atom. The molecule has 0 spiro atoms. The molecule has 0 saturated heterocycles. The van der Waals surface area contributed by atoms with E-state index in [9.17, 15) is 13.2 Å². The van der Waals surface area contributed by atoms with Crippen molar-refractivity contribution in [2.24, 2.45) is 0 Å². The Morgan fingerprint density at radius 1 is 1.14 bits per heavy atom. The van der Waals surface area contributed by atoms with Crippen LogP contribution in [0.25, 0.3) is 22.2 Å². The van der Waals surface area contributed by atoms with E-state index in [4.69, 9.17) is 0 Å². The molecule has 7 nitrogen and oxygen atoms in total. The van der Waals surface area contributed by atoms with Gasteiger partial charge in [0.2, 0.25) is 16.4 Å². The molecule has 0 radical (unpaired) electrons. The van der Waals surface area contributed by atoms with Crippen molar-refractivity contribution in [3.63, 3.8) is 0 Å². The molecule has 0 atom stereocenters. The molecule has 2 fully saturated rings. The molecule has 150 valence electrons. The maximum absolute atomic E-state index is 12.2. The summed E-state index contributed by atoms with van der Waals surface area (Å²) < 4.78 is 27.2. The van der Waals surface area contributed by atoms with Gasteiger partial charge in [0.1, 0.15) is 11.5 Å². The first-order valence-corrected chi connectivity index (χ1v) is 11.4. The Bertz CT molecular complexity index is 1210. The number of aromatic nitrogens is 2. The number of anilines is 2. The van der Waals surface area contributed by atoms with E-state index in [1.807, 2.05) is 37.4 Å². The predicted octanol–water partition coefficient (Wildman–Crippen LogP) is 3.57. The van der Waals surface area contributed by atoms with Crippen LogP contribution in [0.4, 0.5) is 11.5 Å². The number of hydrogen-bond donors (Lipinski definition) is 2. The van der Waals surface area contributed by atoms with Crippen LogP contribution in [0.3, 0.4) is 0 Å². The fourth-order valence-corrected chi connectivity index (χ4v) is 5.09. The van der Waals surface area contributed by atoms with E-state index < -0.39 is 10.0 Å². The number of fused-ring (bicyclic) bond motifs is 1. The zero-order chi connectivity index (χ0) is 20.2. The van der Waals surface area contributed by atoms with Gasteiger partial charge < -0.3 is 4.98 Å². The molecule has 0 aliphatic heterocycles. The second-order valence-corrected chi connectivity index (χ2v) is 9.85. The van der Waals surface area contributed by atoms with Gasteiger partial charge >= 0.3 is 0 Å². The van der Waals surface area contributed by atoms with Gasteiger partial charge in [0, 0.05) is 23.3 Å². The molecule has 2 saturated carbocycles. The monoisotopic (exact) mass is 410 g/mol. The van der Waals surface area contributed by atoms with Gasteiger partial charge in [-0.05, 0) is 73.6 Å². The minimum absolute atomic E-state index is 0.223. The Kier molecular flexibility index (Phi) is 4.13. The maximum Gasteiger partial charge on any atom is 0.235 e. The second-order valence-electron chi connectivity index (χ2n) is 7.89. The lowest BCUT2D eigenvalue weighted by atomic mass is 9.98. The number of nitrogens with zero attached hydrogens (tertiary/aromatic N) is 2. The van der Waals surface area contributed by atoms with Crippen molar-refractivity contribution in [3.8, 4) is 11.1 Å². The fourth-order valence-electron chi connectivity index (χ4n) is 3.71. The predicted molar refractivity (Wildman–Crippen MR) is 113 cm³/mol. The van der Waals surface area contributed by atoms with Gasteiger partial charge in [-0.25, -0.2) is 13.4 Å². The number of benzene rings is 1. The molecule has 2 aromatic heterocycles. The highest BCUT2D eigenvalue weighted by molar-refractivity contribution is 7.93. The lowest BCUT2D eigenvalue weighted by Crippen LogP contribution is -2.24. The number of rotatable bonds is 7. The van der Waals surface area contributed by atoms with Gasteiger partial charge in [0.15, 0.2) is 0 Å². The molecule has 1 aromatic carbocycles. The van der Waals surface area contributed by atoms with Crippen molar-refractivity contribution in [2.75, 3.05) is 9.62 Å². The number of aryl methyl sites for hydroxylation is 1. The largest absolute Gasteiger partial charge is 0.346 e. The van der Waals surface area contributed by atoms with Crippen molar-refractivity contribution in [2.45, 2.75) is 43.9 Å². The van der Waals surface area contributed by atoms with Crippen LogP contribution < -0.4 is 9.62 Å². The van der Waals surface area contributed by atoms with Crippen LogP contribution in [0.15, 0.2) is 36.5 Å². The molecular weight excluding hydrogens is 388 g/mol. The lowest BCUT2D eigenvalue weighted by Gasteiger charge is -2.18. The zero-order valence-electron chi connectivity index (χ0n) is 16.1. The first-order chi connectivity index (χ1) is 14.0. The summed E-state index contributed by atoms with van der Waals surface area (Å²) in [5, 5.41) is 0.700. The average molecular weight is 410 g/mol. The van der Waals surface area contributed by atoms with E-state index in [1.54, 1.807) is 11.0 Å². The molecule has 0 bridgehead atoms. The van der Waals surface area contributed by atoms with Gasteiger partial charge in [-0.2, -0.15) is 0 Å². The number of hydrogen-bond acceptors (Lipinski definition) is 4. The third kappa shape index (κ3) is 3.37. The normalized spacial score (nSPS) is 16.7. The van der Waals surface area contributed by atoms with Crippen molar-refractivity contribution >= 4 is 39.0 Å². The molecule has 3 aromatic rings. The number of H-pyrrole nitrogens is 1. The van der Waals surface area contributed by atoms with E-state index >= 15 is 0 Å². The Morgan fingerprint density at radius 2 is 1.93 bits per heavy atom. The Balaban J connectivity index is 1.56. The van der Waals surface area contributed by atoms with Crippen LogP contribution in [-0.2, 0) is 14.8 Å². The molecule has 0 unspecified atom stereocenters. The molecular formula is C21H22N4O3S. The summed E-state index contributed by atoms with van der Waals surface area (Å²) in [6, 6.07) is 9.70.